The molecule has 12 N–H and O–H groups in total. The van der Waals surface area contributed by atoms with Crippen molar-refractivity contribution < 1.29 is 44.1 Å². The molecule has 37 heavy (non-hydrogen) atoms. The topological polar surface area (TPSA) is 277 Å². The van der Waals surface area contributed by atoms with Crippen molar-refractivity contribution in [1.82, 2.24) is 16.0 Å². The lowest BCUT2D eigenvalue weighted by atomic mass is 10.0. The molecule has 0 fully saturated rings. The zero-order valence-electron chi connectivity index (χ0n) is 19.9. The van der Waals surface area contributed by atoms with Gasteiger partial charge < -0.3 is 48.5 Å². The van der Waals surface area contributed by atoms with Gasteiger partial charge in [0.05, 0.1) is 12.6 Å². The molecule has 1 aromatic carbocycles. The molecule has 0 aliphatic rings. The van der Waals surface area contributed by atoms with Gasteiger partial charge in [-0.25, -0.2) is 4.79 Å². The highest BCUT2D eigenvalue weighted by Gasteiger charge is 2.30. The van der Waals surface area contributed by atoms with Gasteiger partial charge in [0, 0.05) is 19.3 Å². The minimum absolute atomic E-state index is 0.0538. The summed E-state index contributed by atoms with van der Waals surface area (Å²) < 4.78 is 0. The third-order valence-corrected chi connectivity index (χ3v) is 5.16. The molecule has 4 atom stereocenters. The van der Waals surface area contributed by atoms with Crippen molar-refractivity contribution in [2.75, 3.05) is 6.61 Å². The summed E-state index contributed by atoms with van der Waals surface area (Å²) >= 11 is 0. The monoisotopic (exact) mass is 524 g/mol. The summed E-state index contributed by atoms with van der Waals surface area (Å²) in [5.41, 5.74) is 16.2. The van der Waals surface area contributed by atoms with Crippen molar-refractivity contribution in [2.45, 2.75) is 56.3 Å². The van der Waals surface area contributed by atoms with E-state index in [-0.39, 0.29) is 37.9 Å². The number of aromatic hydroxyl groups is 1. The molecule has 4 unspecified atom stereocenters. The van der Waals surface area contributed by atoms with Gasteiger partial charge in [-0.15, -0.1) is 0 Å². The summed E-state index contributed by atoms with van der Waals surface area (Å²) in [6.07, 6.45) is -1.06. The summed E-state index contributed by atoms with van der Waals surface area (Å²) in [4.78, 5) is 71.4. The number of carboxylic acid groups (broad SMARTS) is 1. The molecule has 0 saturated carbocycles. The molecule has 204 valence electrons. The molecule has 0 bridgehead atoms. The molecule has 0 spiro atoms. The van der Waals surface area contributed by atoms with Gasteiger partial charge in [-0.05, 0) is 30.5 Å². The Balaban J connectivity index is 3.03. The Morgan fingerprint density at radius 2 is 1.24 bits per heavy atom. The molecular weight excluding hydrogens is 492 g/mol. The van der Waals surface area contributed by atoms with Crippen LogP contribution in [0.1, 0.15) is 31.2 Å². The fraction of sp³-hybridized carbons (Fsp3) is 0.455. The van der Waals surface area contributed by atoms with Crippen LogP contribution >= 0.6 is 0 Å². The lowest BCUT2D eigenvalue weighted by molar-refractivity contribution is -0.142. The SMILES string of the molecule is NC(=O)CCC(N)C(=O)NC(CO)C(=O)NC(Cc1ccc(O)cc1)C(=O)NC(CCC(N)=O)C(=O)O. The average Bonchev–Trinajstić information content (AvgIpc) is 2.83. The molecule has 15 nitrogen and oxygen atoms in total. The number of nitrogens with two attached hydrogens (primary N) is 3. The number of hydrogen-bond acceptors (Lipinski definition) is 9. The number of hydrogen-bond donors (Lipinski definition) is 9. The van der Waals surface area contributed by atoms with Crippen molar-refractivity contribution in [3.63, 3.8) is 0 Å². The predicted molar refractivity (Wildman–Crippen MR) is 127 cm³/mol. The molecule has 0 radical (unpaired) electrons. The van der Waals surface area contributed by atoms with Crippen molar-refractivity contribution in [1.29, 1.82) is 0 Å². The second-order valence-electron chi connectivity index (χ2n) is 8.19. The number of nitrogens with one attached hydrogen (secondary N) is 3. The van der Waals surface area contributed by atoms with Crippen LogP contribution in [0.3, 0.4) is 0 Å². The number of benzene rings is 1. The van der Waals surface area contributed by atoms with E-state index in [0.717, 1.165) is 0 Å². The van der Waals surface area contributed by atoms with E-state index in [0.29, 0.717) is 5.56 Å². The van der Waals surface area contributed by atoms with Crippen LogP contribution < -0.4 is 33.2 Å². The highest BCUT2D eigenvalue weighted by Crippen LogP contribution is 2.12. The highest BCUT2D eigenvalue weighted by molar-refractivity contribution is 5.94. The number of carboxylic acids is 1. The first-order chi connectivity index (χ1) is 17.3. The number of aliphatic hydroxyl groups is 1. The van der Waals surface area contributed by atoms with Crippen molar-refractivity contribution in [2.24, 2.45) is 17.2 Å². The third-order valence-electron chi connectivity index (χ3n) is 5.16. The smallest absolute Gasteiger partial charge is 0.326 e. The van der Waals surface area contributed by atoms with E-state index < -0.39 is 66.3 Å². The Labute approximate surface area is 211 Å². The molecule has 1 rings (SSSR count). The van der Waals surface area contributed by atoms with Crippen molar-refractivity contribution in [3.8, 4) is 5.75 Å². The number of phenols is 1. The van der Waals surface area contributed by atoms with Gasteiger partial charge in [-0.3, -0.25) is 24.0 Å². The summed E-state index contributed by atoms with van der Waals surface area (Å²) in [6.45, 7) is -0.871. The van der Waals surface area contributed by atoms with Crippen molar-refractivity contribution >= 4 is 35.5 Å². The molecule has 0 heterocycles. The number of phenolic OH excluding ortho intramolecular Hbond substituents is 1. The normalized spacial score (nSPS) is 13.9. The predicted octanol–water partition coefficient (Wildman–Crippen LogP) is -3.68. The zero-order chi connectivity index (χ0) is 28.1. The number of carbonyl (C=O) groups excluding carboxylic acids is 5. The van der Waals surface area contributed by atoms with E-state index in [2.05, 4.69) is 16.0 Å². The van der Waals surface area contributed by atoms with Gasteiger partial charge >= 0.3 is 5.97 Å². The number of aliphatic hydroxyl groups excluding tert-OH is 1. The Kier molecular flexibility index (Phi) is 12.5. The molecule has 0 aliphatic heterocycles. The number of carbonyl (C=O) groups is 6. The first-order valence-corrected chi connectivity index (χ1v) is 11.2. The maximum absolute atomic E-state index is 12.9. The molecule has 1 aromatic rings. The fourth-order valence-electron chi connectivity index (χ4n) is 3.07. The van der Waals surface area contributed by atoms with E-state index >= 15 is 0 Å². The van der Waals surface area contributed by atoms with E-state index in [1.165, 1.54) is 24.3 Å². The zero-order valence-corrected chi connectivity index (χ0v) is 19.9. The minimum atomic E-state index is -1.53. The Morgan fingerprint density at radius 3 is 1.76 bits per heavy atom. The van der Waals surface area contributed by atoms with Crippen LogP contribution in [0, 0.1) is 0 Å². The van der Waals surface area contributed by atoms with Gasteiger partial charge in [0.1, 0.15) is 23.9 Å². The second-order valence-corrected chi connectivity index (χ2v) is 8.19. The van der Waals surface area contributed by atoms with Crippen LogP contribution in [0.25, 0.3) is 0 Å². The van der Waals surface area contributed by atoms with Gasteiger partial charge in [0.2, 0.25) is 29.5 Å². The summed E-state index contributed by atoms with van der Waals surface area (Å²) in [6, 6.07) is -0.0109. The van der Waals surface area contributed by atoms with Crippen LogP contribution in [0.15, 0.2) is 24.3 Å². The first kappa shape index (κ1) is 30.8. The van der Waals surface area contributed by atoms with Crippen LogP contribution in [0.5, 0.6) is 5.75 Å². The Morgan fingerprint density at radius 1 is 0.757 bits per heavy atom. The van der Waals surface area contributed by atoms with E-state index in [4.69, 9.17) is 17.2 Å². The highest BCUT2D eigenvalue weighted by atomic mass is 16.4. The van der Waals surface area contributed by atoms with Gasteiger partial charge in [-0.2, -0.15) is 0 Å². The van der Waals surface area contributed by atoms with Crippen LogP contribution in [-0.4, -0.2) is 81.6 Å². The Hall–Kier alpha value is -4.24. The fourth-order valence-corrected chi connectivity index (χ4v) is 3.07. The van der Waals surface area contributed by atoms with Gasteiger partial charge in [0.15, 0.2) is 0 Å². The maximum Gasteiger partial charge on any atom is 0.326 e. The first-order valence-electron chi connectivity index (χ1n) is 11.2. The summed E-state index contributed by atoms with van der Waals surface area (Å²) in [5, 5.41) is 35.2. The number of rotatable bonds is 16. The van der Waals surface area contributed by atoms with Crippen molar-refractivity contribution in [3.05, 3.63) is 29.8 Å². The van der Waals surface area contributed by atoms with Crippen LogP contribution in [0.4, 0.5) is 0 Å². The van der Waals surface area contributed by atoms with Crippen LogP contribution in [0.2, 0.25) is 0 Å². The number of primary amides is 2. The molecule has 15 heteroatoms. The van der Waals surface area contributed by atoms with E-state index in [1.54, 1.807) is 0 Å². The van der Waals surface area contributed by atoms with Gasteiger partial charge in [0.25, 0.3) is 0 Å². The van der Waals surface area contributed by atoms with Crippen LogP contribution in [-0.2, 0) is 35.2 Å². The van der Waals surface area contributed by atoms with Gasteiger partial charge in [-0.1, -0.05) is 12.1 Å². The largest absolute Gasteiger partial charge is 0.508 e. The average molecular weight is 525 g/mol. The minimum Gasteiger partial charge on any atom is -0.508 e. The summed E-state index contributed by atoms with van der Waals surface area (Å²) in [5.74, 6) is -5.72. The lowest BCUT2D eigenvalue weighted by Crippen LogP contribution is -2.58. The molecular formula is C22H32N6O9. The Bertz CT molecular complexity index is 985. The van der Waals surface area contributed by atoms with E-state index in [9.17, 15) is 44.1 Å². The number of amides is 5. The quantitative estimate of drug-likeness (QED) is 0.102. The third kappa shape index (κ3) is 11.4. The van der Waals surface area contributed by atoms with E-state index in [1.807, 2.05) is 0 Å². The molecule has 0 aliphatic carbocycles. The second kappa shape index (κ2) is 15.0. The molecule has 0 aromatic heterocycles. The standard InChI is InChI=1S/C22H32N6O9/c23-13(5-7-17(24)31)19(33)28-16(10-29)21(35)27-15(9-11-1-3-12(30)4-2-11)20(34)26-14(22(36)37)6-8-18(25)32/h1-4,13-16,29-30H,5-10,23H2,(H2,24,31)(H2,25,32)(H,26,34)(H,27,35)(H,28,33)(H,36,37). The maximum atomic E-state index is 12.9. The number of aliphatic carboxylic acids is 1. The molecule has 0 saturated heterocycles. The summed E-state index contributed by atoms with van der Waals surface area (Å²) in [7, 11) is 0. The molecule has 5 amide bonds. The lowest BCUT2D eigenvalue weighted by Gasteiger charge is -2.24.